The highest BCUT2D eigenvalue weighted by Crippen LogP contribution is 2.16. The van der Waals surface area contributed by atoms with E-state index in [1.165, 1.54) is 0 Å². The van der Waals surface area contributed by atoms with Crippen molar-refractivity contribution < 1.29 is 13.2 Å². The van der Waals surface area contributed by atoms with Gasteiger partial charge in [-0.25, -0.2) is 13.2 Å². The number of alkyl halides is 1. The highest BCUT2D eigenvalue weighted by Gasteiger charge is 2.11. The average Bonchev–Trinajstić information content (AvgIpc) is 2.08. The third-order valence-corrected chi connectivity index (χ3v) is 1.52. The van der Waals surface area contributed by atoms with Crippen molar-refractivity contribution >= 4 is 12.4 Å². The van der Waals surface area contributed by atoms with E-state index in [1.54, 1.807) is 0 Å². The molecule has 0 heterocycles. The number of hydrogen-bond acceptors (Lipinski definition) is 1. The molecule has 0 aromatic heterocycles. The van der Waals surface area contributed by atoms with Crippen LogP contribution in [0.5, 0.6) is 0 Å². The summed E-state index contributed by atoms with van der Waals surface area (Å²) in [6.07, 6.45) is 0. The van der Waals surface area contributed by atoms with E-state index >= 15 is 0 Å². The fourth-order valence-electron chi connectivity index (χ4n) is 0.882. The Labute approximate surface area is 80.2 Å². The van der Waals surface area contributed by atoms with E-state index in [0.717, 1.165) is 18.2 Å². The van der Waals surface area contributed by atoms with Crippen molar-refractivity contribution in [3.05, 3.63) is 35.4 Å². The third kappa shape index (κ3) is 2.90. The smallest absolute Gasteiger partial charge is 0.128 e. The molecule has 1 nitrogen and oxygen atoms in total. The van der Waals surface area contributed by atoms with Crippen molar-refractivity contribution in [3.8, 4) is 0 Å². The Morgan fingerprint density at radius 1 is 1.31 bits per heavy atom. The molecule has 0 unspecified atom stereocenters. The molecule has 0 aliphatic rings. The molecule has 0 saturated carbocycles. The molecular formula is C8H9ClF3N. The van der Waals surface area contributed by atoms with Gasteiger partial charge in [0.05, 0.1) is 6.04 Å². The minimum absolute atomic E-state index is 0. The number of nitrogens with two attached hydrogens (primary N) is 1. The molecule has 0 aliphatic heterocycles. The molecule has 0 amide bonds. The van der Waals surface area contributed by atoms with Gasteiger partial charge in [-0.1, -0.05) is 0 Å². The van der Waals surface area contributed by atoms with E-state index in [1.807, 2.05) is 0 Å². The summed E-state index contributed by atoms with van der Waals surface area (Å²) >= 11 is 0. The summed E-state index contributed by atoms with van der Waals surface area (Å²) in [6.45, 7) is -0.902. The molecule has 0 aliphatic carbocycles. The normalized spacial score (nSPS) is 12.0. The van der Waals surface area contributed by atoms with E-state index in [4.69, 9.17) is 5.73 Å². The molecule has 1 rings (SSSR count). The number of benzene rings is 1. The molecule has 0 spiro atoms. The second kappa shape index (κ2) is 5.09. The zero-order valence-corrected chi connectivity index (χ0v) is 7.45. The van der Waals surface area contributed by atoms with Gasteiger partial charge in [-0.05, 0) is 18.2 Å². The van der Waals surface area contributed by atoms with Crippen LogP contribution in [-0.2, 0) is 0 Å². The van der Waals surface area contributed by atoms with Gasteiger partial charge >= 0.3 is 0 Å². The zero-order valence-electron chi connectivity index (χ0n) is 6.64. The summed E-state index contributed by atoms with van der Waals surface area (Å²) in [5, 5.41) is 0. The minimum Gasteiger partial charge on any atom is -0.322 e. The molecule has 5 heteroatoms. The van der Waals surface area contributed by atoms with Gasteiger partial charge in [0.15, 0.2) is 0 Å². The lowest BCUT2D eigenvalue weighted by Gasteiger charge is -2.07. The van der Waals surface area contributed by atoms with E-state index in [9.17, 15) is 13.2 Å². The number of halogens is 4. The molecule has 1 atom stereocenters. The van der Waals surface area contributed by atoms with Crippen molar-refractivity contribution in [2.45, 2.75) is 6.04 Å². The predicted octanol–water partition coefficient (Wildman–Crippen LogP) is 2.36. The first-order chi connectivity index (χ1) is 5.65. The lowest BCUT2D eigenvalue weighted by molar-refractivity contribution is 0.425. The number of rotatable bonds is 2. The van der Waals surface area contributed by atoms with Gasteiger partial charge in [-0.3, -0.25) is 0 Å². The van der Waals surface area contributed by atoms with E-state index in [0.29, 0.717) is 0 Å². The first-order valence-corrected chi connectivity index (χ1v) is 3.41. The molecule has 74 valence electrons. The van der Waals surface area contributed by atoms with Crippen LogP contribution < -0.4 is 5.73 Å². The van der Waals surface area contributed by atoms with Crippen LogP contribution in [0.1, 0.15) is 11.6 Å². The van der Waals surface area contributed by atoms with Crippen molar-refractivity contribution in [1.82, 2.24) is 0 Å². The van der Waals surface area contributed by atoms with Crippen LogP contribution in [0.25, 0.3) is 0 Å². The largest absolute Gasteiger partial charge is 0.322 e. The maximum absolute atomic E-state index is 12.8. The molecule has 13 heavy (non-hydrogen) atoms. The standard InChI is InChI=1S/C8H8F3N.ClH/c9-4-8(12)6-3-5(10)1-2-7(6)11;/h1-3,8H,4,12H2;1H/t8-;/m1./s1. The Morgan fingerprint density at radius 3 is 2.46 bits per heavy atom. The van der Waals surface area contributed by atoms with Gasteiger partial charge in [0.25, 0.3) is 0 Å². The van der Waals surface area contributed by atoms with Crippen LogP contribution in [0.15, 0.2) is 18.2 Å². The molecule has 1 aromatic carbocycles. The minimum atomic E-state index is -1.08. The lowest BCUT2D eigenvalue weighted by atomic mass is 10.1. The number of hydrogen-bond donors (Lipinski definition) is 1. The van der Waals surface area contributed by atoms with Crippen molar-refractivity contribution in [2.75, 3.05) is 6.67 Å². The van der Waals surface area contributed by atoms with Crippen molar-refractivity contribution in [2.24, 2.45) is 5.73 Å². The Hall–Kier alpha value is -0.740. The van der Waals surface area contributed by atoms with Crippen LogP contribution in [-0.4, -0.2) is 6.67 Å². The van der Waals surface area contributed by atoms with Crippen LogP contribution in [0.3, 0.4) is 0 Å². The second-order valence-corrected chi connectivity index (χ2v) is 2.43. The summed E-state index contributed by atoms with van der Waals surface area (Å²) < 4.78 is 37.3. The molecule has 0 bridgehead atoms. The van der Waals surface area contributed by atoms with E-state index in [2.05, 4.69) is 0 Å². The van der Waals surface area contributed by atoms with Crippen LogP contribution >= 0.6 is 12.4 Å². The highest BCUT2D eigenvalue weighted by molar-refractivity contribution is 5.85. The Bertz CT molecular complexity index is 280. The Kier molecular flexibility index (Phi) is 4.80. The van der Waals surface area contributed by atoms with Crippen LogP contribution in [0.4, 0.5) is 13.2 Å². The Morgan fingerprint density at radius 2 is 1.92 bits per heavy atom. The monoisotopic (exact) mass is 211 g/mol. The summed E-state index contributed by atoms with van der Waals surface area (Å²) in [4.78, 5) is 0. The van der Waals surface area contributed by atoms with Gasteiger partial charge in [0, 0.05) is 5.56 Å². The van der Waals surface area contributed by atoms with E-state index < -0.39 is 24.4 Å². The van der Waals surface area contributed by atoms with Gasteiger partial charge < -0.3 is 5.73 Å². The SMILES string of the molecule is Cl.N[C@H](CF)c1cc(F)ccc1F. The average molecular weight is 212 g/mol. The lowest BCUT2D eigenvalue weighted by Crippen LogP contribution is -2.14. The maximum atomic E-state index is 12.8. The first-order valence-electron chi connectivity index (χ1n) is 3.41. The van der Waals surface area contributed by atoms with E-state index in [-0.39, 0.29) is 18.0 Å². The molecule has 0 saturated heterocycles. The summed E-state index contributed by atoms with van der Waals surface area (Å²) in [5.41, 5.74) is 5.06. The molecule has 2 N–H and O–H groups in total. The molecule has 1 aromatic rings. The predicted molar refractivity (Wildman–Crippen MR) is 46.5 cm³/mol. The summed E-state index contributed by atoms with van der Waals surface area (Å²) in [6, 6.07) is 1.71. The van der Waals surface area contributed by atoms with Gasteiger partial charge in [0.2, 0.25) is 0 Å². The summed E-state index contributed by atoms with van der Waals surface area (Å²) in [7, 11) is 0. The Balaban J connectivity index is 0.00000144. The summed E-state index contributed by atoms with van der Waals surface area (Å²) in [5.74, 6) is -1.29. The zero-order chi connectivity index (χ0) is 9.14. The fourth-order valence-corrected chi connectivity index (χ4v) is 0.882. The fraction of sp³-hybridized carbons (Fsp3) is 0.250. The van der Waals surface area contributed by atoms with Gasteiger partial charge in [-0.2, -0.15) is 0 Å². The van der Waals surface area contributed by atoms with Crippen molar-refractivity contribution in [1.29, 1.82) is 0 Å². The topological polar surface area (TPSA) is 26.0 Å². The molecule has 0 radical (unpaired) electrons. The van der Waals surface area contributed by atoms with Crippen molar-refractivity contribution in [3.63, 3.8) is 0 Å². The molecular weight excluding hydrogens is 203 g/mol. The maximum Gasteiger partial charge on any atom is 0.128 e. The highest BCUT2D eigenvalue weighted by atomic mass is 35.5. The third-order valence-electron chi connectivity index (χ3n) is 1.52. The van der Waals surface area contributed by atoms with Crippen LogP contribution in [0.2, 0.25) is 0 Å². The van der Waals surface area contributed by atoms with Crippen LogP contribution in [0, 0.1) is 11.6 Å². The second-order valence-electron chi connectivity index (χ2n) is 2.43. The first kappa shape index (κ1) is 12.3. The molecule has 0 fully saturated rings. The van der Waals surface area contributed by atoms with Gasteiger partial charge in [0.1, 0.15) is 18.3 Å². The quantitative estimate of drug-likeness (QED) is 0.799. The van der Waals surface area contributed by atoms with Gasteiger partial charge in [-0.15, -0.1) is 12.4 Å².